The van der Waals surface area contributed by atoms with Crippen LogP contribution >= 0.6 is 0 Å². The topological polar surface area (TPSA) is 79.3 Å². The Morgan fingerprint density at radius 3 is 2.56 bits per heavy atom. The Labute approximate surface area is 159 Å². The lowest BCUT2D eigenvalue weighted by Gasteiger charge is -2.30. The Bertz CT molecular complexity index is 851. The minimum absolute atomic E-state index is 0.256. The van der Waals surface area contributed by atoms with Gasteiger partial charge in [0.15, 0.2) is 5.82 Å². The minimum atomic E-state index is -0.412. The number of carbonyl (C=O) groups excluding carboxylic acids is 2. The average Bonchev–Trinajstić information content (AvgIpc) is 2.71. The fourth-order valence-electron chi connectivity index (χ4n) is 3.14. The molecule has 0 saturated carbocycles. The molecule has 142 valence electrons. The summed E-state index contributed by atoms with van der Waals surface area (Å²) < 4.78 is 0. The van der Waals surface area contributed by atoms with Crippen molar-refractivity contribution in [1.29, 1.82) is 0 Å². The van der Waals surface area contributed by atoms with E-state index in [9.17, 15) is 9.59 Å². The molecule has 1 atom stereocenters. The summed E-state index contributed by atoms with van der Waals surface area (Å²) in [5.41, 5.74) is 2.71. The molecular weight excluding hydrogens is 342 g/mol. The first-order valence-electron chi connectivity index (χ1n) is 9.23. The van der Waals surface area contributed by atoms with Gasteiger partial charge < -0.3 is 9.80 Å². The van der Waals surface area contributed by atoms with E-state index in [1.807, 2.05) is 38.1 Å². The van der Waals surface area contributed by atoms with Crippen LogP contribution in [0.25, 0.3) is 11.4 Å². The first-order chi connectivity index (χ1) is 12.9. The third-order valence-corrected chi connectivity index (χ3v) is 4.96. The standard InChI is InChI=1S/C20H25N5O2/c1-5-13(2)17(26)20(27)25-11-8-15-16(12-25)22-18(23-19(15)24(3)4)14-6-9-21-10-7-14/h6-7,9-10,13H,5,8,11-12H2,1-4H3/t13-/m0/s1. The molecule has 7 heteroatoms. The predicted octanol–water partition coefficient (Wildman–Crippen LogP) is 2.10. The Morgan fingerprint density at radius 1 is 1.22 bits per heavy atom. The van der Waals surface area contributed by atoms with Gasteiger partial charge in [0, 0.05) is 50.1 Å². The molecule has 1 amide bonds. The number of hydrogen-bond donors (Lipinski definition) is 0. The monoisotopic (exact) mass is 367 g/mol. The molecule has 0 aliphatic carbocycles. The van der Waals surface area contributed by atoms with Crippen molar-refractivity contribution in [1.82, 2.24) is 19.9 Å². The van der Waals surface area contributed by atoms with Crippen molar-refractivity contribution in [2.45, 2.75) is 33.2 Å². The highest BCUT2D eigenvalue weighted by atomic mass is 16.2. The van der Waals surface area contributed by atoms with Crippen LogP contribution in [0, 0.1) is 5.92 Å². The molecule has 1 aliphatic heterocycles. The molecule has 27 heavy (non-hydrogen) atoms. The van der Waals surface area contributed by atoms with Crippen LogP contribution in [0.15, 0.2) is 24.5 Å². The van der Waals surface area contributed by atoms with Crippen LogP contribution in [0.3, 0.4) is 0 Å². The van der Waals surface area contributed by atoms with Crippen molar-refractivity contribution in [2.75, 3.05) is 25.5 Å². The predicted molar refractivity (Wildman–Crippen MR) is 103 cm³/mol. The van der Waals surface area contributed by atoms with Gasteiger partial charge in [0.1, 0.15) is 5.82 Å². The van der Waals surface area contributed by atoms with Crippen LogP contribution in [-0.2, 0) is 22.6 Å². The van der Waals surface area contributed by atoms with E-state index in [1.54, 1.807) is 24.2 Å². The number of ketones is 1. The van der Waals surface area contributed by atoms with Crippen molar-refractivity contribution in [2.24, 2.45) is 5.92 Å². The number of Topliss-reactive ketones (excluding diaryl/α,β-unsaturated/α-hetero) is 1. The fourth-order valence-corrected chi connectivity index (χ4v) is 3.14. The van der Waals surface area contributed by atoms with Gasteiger partial charge in [-0.3, -0.25) is 14.6 Å². The van der Waals surface area contributed by atoms with Gasteiger partial charge in [-0.15, -0.1) is 0 Å². The Morgan fingerprint density at radius 2 is 1.93 bits per heavy atom. The summed E-state index contributed by atoms with van der Waals surface area (Å²) >= 11 is 0. The number of pyridine rings is 1. The normalized spacial score (nSPS) is 14.4. The summed E-state index contributed by atoms with van der Waals surface area (Å²) in [5.74, 6) is 0.464. The molecule has 0 spiro atoms. The molecule has 0 radical (unpaired) electrons. The van der Waals surface area contributed by atoms with Gasteiger partial charge in [-0.25, -0.2) is 9.97 Å². The number of anilines is 1. The Balaban J connectivity index is 1.96. The second-order valence-electron chi connectivity index (χ2n) is 7.08. The summed E-state index contributed by atoms with van der Waals surface area (Å²) in [7, 11) is 3.89. The maximum absolute atomic E-state index is 12.6. The fraction of sp³-hybridized carbons (Fsp3) is 0.450. The lowest BCUT2D eigenvalue weighted by atomic mass is 10.00. The van der Waals surface area contributed by atoms with Crippen LogP contribution in [-0.4, -0.2) is 52.2 Å². The number of rotatable bonds is 5. The summed E-state index contributed by atoms with van der Waals surface area (Å²) in [5, 5.41) is 0. The van der Waals surface area contributed by atoms with E-state index in [4.69, 9.17) is 9.97 Å². The van der Waals surface area contributed by atoms with Gasteiger partial charge in [0.25, 0.3) is 5.91 Å². The zero-order valence-electron chi connectivity index (χ0n) is 16.3. The van der Waals surface area contributed by atoms with Gasteiger partial charge in [0.2, 0.25) is 5.78 Å². The van der Waals surface area contributed by atoms with Gasteiger partial charge in [0.05, 0.1) is 12.2 Å². The number of fused-ring (bicyclic) bond motifs is 1. The van der Waals surface area contributed by atoms with E-state index in [2.05, 4.69) is 4.98 Å². The van der Waals surface area contributed by atoms with Crippen molar-refractivity contribution in [3.63, 3.8) is 0 Å². The minimum Gasteiger partial charge on any atom is -0.362 e. The maximum Gasteiger partial charge on any atom is 0.290 e. The molecule has 1 aliphatic rings. The maximum atomic E-state index is 12.6. The summed E-state index contributed by atoms with van der Waals surface area (Å²) in [4.78, 5) is 42.0. The zero-order chi connectivity index (χ0) is 19.6. The zero-order valence-corrected chi connectivity index (χ0v) is 16.3. The third-order valence-electron chi connectivity index (χ3n) is 4.96. The van der Waals surface area contributed by atoms with Gasteiger partial charge in [-0.1, -0.05) is 13.8 Å². The number of aromatic nitrogens is 3. The van der Waals surface area contributed by atoms with E-state index in [0.717, 1.165) is 22.6 Å². The van der Waals surface area contributed by atoms with Crippen molar-refractivity contribution in [3.05, 3.63) is 35.8 Å². The van der Waals surface area contributed by atoms with Crippen LogP contribution in [0.4, 0.5) is 5.82 Å². The van der Waals surface area contributed by atoms with Crippen molar-refractivity contribution in [3.8, 4) is 11.4 Å². The number of amides is 1. The van der Waals surface area contributed by atoms with E-state index in [1.165, 1.54) is 0 Å². The lowest BCUT2D eigenvalue weighted by molar-refractivity contribution is -0.147. The third kappa shape index (κ3) is 3.82. The molecule has 0 fully saturated rings. The van der Waals surface area contributed by atoms with Crippen molar-refractivity contribution >= 4 is 17.5 Å². The van der Waals surface area contributed by atoms with Gasteiger partial charge in [-0.2, -0.15) is 0 Å². The molecule has 0 unspecified atom stereocenters. The highest BCUT2D eigenvalue weighted by Gasteiger charge is 2.31. The molecular formula is C20H25N5O2. The van der Waals surface area contributed by atoms with Gasteiger partial charge in [-0.05, 0) is 25.0 Å². The molecule has 0 aromatic carbocycles. The lowest BCUT2D eigenvalue weighted by Crippen LogP contribution is -2.42. The second-order valence-corrected chi connectivity index (χ2v) is 7.08. The second kappa shape index (κ2) is 7.82. The van der Waals surface area contributed by atoms with E-state index in [-0.39, 0.29) is 11.7 Å². The highest BCUT2D eigenvalue weighted by molar-refractivity contribution is 6.36. The van der Waals surface area contributed by atoms with Gasteiger partial charge >= 0.3 is 0 Å². The molecule has 3 heterocycles. The first-order valence-corrected chi connectivity index (χ1v) is 9.23. The van der Waals surface area contributed by atoms with E-state index < -0.39 is 5.91 Å². The number of nitrogens with zero attached hydrogens (tertiary/aromatic N) is 5. The number of carbonyl (C=O) groups is 2. The quantitative estimate of drug-likeness (QED) is 0.753. The van der Waals surface area contributed by atoms with Crippen molar-refractivity contribution < 1.29 is 9.59 Å². The molecule has 2 aromatic heterocycles. The van der Waals surface area contributed by atoms with Crippen LogP contribution in [0.5, 0.6) is 0 Å². The smallest absolute Gasteiger partial charge is 0.290 e. The van der Waals surface area contributed by atoms with Crippen LogP contribution < -0.4 is 4.90 Å². The van der Waals surface area contributed by atoms with Crippen LogP contribution in [0.2, 0.25) is 0 Å². The SMILES string of the molecule is CC[C@H](C)C(=O)C(=O)N1CCc2c(nc(-c3ccncc3)nc2N(C)C)C1. The number of hydrogen-bond acceptors (Lipinski definition) is 6. The molecule has 0 bridgehead atoms. The average molecular weight is 367 g/mol. The van der Waals surface area contributed by atoms with E-state index in [0.29, 0.717) is 31.8 Å². The molecule has 0 saturated heterocycles. The summed E-state index contributed by atoms with van der Waals surface area (Å²) in [6, 6.07) is 3.72. The Kier molecular flexibility index (Phi) is 5.48. The molecule has 2 aromatic rings. The summed E-state index contributed by atoms with van der Waals surface area (Å²) in [6.45, 7) is 4.55. The van der Waals surface area contributed by atoms with Crippen LogP contribution in [0.1, 0.15) is 31.5 Å². The summed E-state index contributed by atoms with van der Waals surface area (Å²) in [6.07, 6.45) is 4.70. The molecule has 0 N–H and O–H groups in total. The highest BCUT2D eigenvalue weighted by Crippen LogP contribution is 2.28. The molecule has 3 rings (SSSR count). The Hall–Kier alpha value is -2.83. The first kappa shape index (κ1) is 18.9. The molecule has 7 nitrogen and oxygen atoms in total. The van der Waals surface area contributed by atoms with E-state index >= 15 is 0 Å². The largest absolute Gasteiger partial charge is 0.362 e.